The molecule has 0 saturated heterocycles. The number of carbonyl (C=O) groups excluding carboxylic acids is 1. The predicted octanol–water partition coefficient (Wildman–Crippen LogP) is 4.82. The number of aryl methyl sites for hydroxylation is 2. The van der Waals surface area contributed by atoms with Crippen molar-refractivity contribution in [3.8, 4) is 5.75 Å². The van der Waals surface area contributed by atoms with Gasteiger partial charge in [0.05, 0.1) is 0 Å². The number of carbonyl (C=O) groups is 1. The lowest BCUT2D eigenvalue weighted by Crippen LogP contribution is -2.38. The summed E-state index contributed by atoms with van der Waals surface area (Å²) in [4.78, 5) is 12.6. The molecule has 0 bridgehead atoms. The molecule has 0 heterocycles. The van der Waals surface area contributed by atoms with E-state index >= 15 is 0 Å². The lowest BCUT2D eigenvalue weighted by atomic mass is 9.59. The molecule has 0 amide bonds. The normalized spacial score (nSPS) is 36.1. The molecule has 1 aromatic rings. The van der Waals surface area contributed by atoms with E-state index in [1.165, 1.54) is 23.1 Å². The Morgan fingerprint density at radius 2 is 2.08 bits per heavy atom. The third-order valence-corrected chi connectivity index (χ3v) is 7.71. The van der Waals surface area contributed by atoms with Crippen molar-refractivity contribution in [1.82, 2.24) is 0 Å². The minimum absolute atomic E-state index is 0.0861. The van der Waals surface area contributed by atoms with Gasteiger partial charge in [-0.05, 0) is 78.8 Å². The summed E-state index contributed by atoms with van der Waals surface area (Å²) in [5.74, 6) is 1.61. The first-order valence-corrected chi connectivity index (χ1v) is 9.62. The third kappa shape index (κ3) is 1.55. The maximum atomic E-state index is 12.6. The monoisotopic (exact) mass is 322 g/mol. The molecule has 2 saturated carbocycles. The molecule has 4 aliphatic rings. The SMILES string of the molecule is CCCc1cc2c(cc1O)CCC1=C2CC[C@]2(C)C(=O)C[C@@H]3C[C@@]132. The molecular weight excluding hydrogens is 296 g/mol. The summed E-state index contributed by atoms with van der Waals surface area (Å²) in [6, 6.07) is 4.27. The predicted molar refractivity (Wildman–Crippen MR) is 94.8 cm³/mol. The Morgan fingerprint density at radius 1 is 1.25 bits per heavy atom. The number of phenols is 1. The van der Waals surface area contributed by atoms with E-state index in [0.29, 0.717) is 17.5 Å². The van der Waals surface area contributed by atoms with E-state index in [1.54, 1.807) is 5.57 Å². The average Bonchev–Trinajstić information content (AvgIpc) is 3.21. The van der Waals surface area contributed by atoms with Crippen LogP contribution in [-0.4, -0.2) is 10.9 Å². The van der Waals surface area contributed by atoms with E-state index in [4.69, 9.17) is 0 Å². The first kappa shape index (κ1) is 14.7. The number of hydrogen-bond donors (Lipinski definition) is 1. The van der Waals surface area contributed by atoms with Crippen LogP contribution in [-0.2, 0) is 17.6 Å². The molecule has 3 atom stereocenters. The topological polar surface area (TPSA) is 37.3 Å². The number of benzene rings is 1. The van der Waals surface area contributed by atoms with Crippen molar-refractivity contribution in [2.45, 2.75) is 65.2 Å². The molecule has 0 radical (unpaired) electrons. The van der Waals surface area contributed by atoms with E-state index in [-0.39, 0.29) is 10.8 Å². The summed E-state index contributed by atoms with van der Waals surface area (Å²) < 4.78 is 0. The summed E-state index contributed by atoms with van der Waals surface area (Å²) in [6.07, 6.45) is 8.21. The van der Waals surface area contributed by atoms with Crippen molar-refractivity contribution in [1.29, 1.82) is 0 Å². The zero-order valence-electron chi connectivity index (χ0n) is 14.7. The number of allylic oxidation sites excluding steroid dienone is 2. The second-order valence-corrected chi connectivity index (χ2v) is 8.68. The second kappa shape index (κ2) is 4.53. The van der Waals surface area contributed by atoms with E-state index in [1.807, 2.05) is 6.07 Å². The Labute approximate surface area is 144 Å². The minimum Gasteiger partial charge on any atom is -0.508 e. The van der Waals surface area contributed by atoms with Gasteiger partial charge in [0.1, 0.15) is 11.5 Å². The van der Waals surface area contributed by atoms with E-state index in [2.05, 4.69) is 19.9 Å². The van der Waals surface area contributed by atoms with Crippen LogP contribution in [0.1, 0.15) is 69.1 Å². The molecule has 0 aliphatic heterocycles. The Bertz CT molecular complexity index is 802. The molecule has 126 valence electrons. The quantitative estimate of drug-likeness (QED) is 0.847. The first-order chi connectivity index (χ1) is 11.5. The first-order valence-electron chi connectivity index (χ1n) is 9.62. The van der Waals surface area contributed by atoms with E-state index in [0.717, 1.165) is 50.5 Å². The van der Waals surface area contributed by atoms with Crippen molar-refractivity contribution in [2.75, 3.05) is 0 Å². The fraction of sp³-hybridized carbons (Fsp3) is 0.591. The molecule has 1 spiro atoms. The van der Waals surface area contributed by atoms with Crippen LogP contribution in [0.2, 0.25) is 0 Å². The summed E-state index contributed by atoms with van der Waals surface area (Å²) >= 11 is 0. The number of Topliss-reactive ketones (excluding diaryl/α,β-unsaturated/α-hetero) is 1. The molecule has 2 heteroatoms. The maximum absolute atomic E-state index is 12.6. The summed E-state index contributed by atoms with van der Waals surface area (Å²) in [5.41, 5.74) is 7.06. The van der Waals surface area contributed by atoms with Crippen molar-refractivity contribution in [3.63, 3.8) is 0 Å². The van der Waals surface area contributed by atoms with Gasteiger partial charge in [-0.25, -0.2) is 0 Å². The van der Waals surface area contributed by atoms with Crippen LogP contribution in [0.3, 0.4) is 0 Å². The lowest BCUT2D eigenvalue weighted by molar-refractivity contribution is -0.128. The van der Waals surface area contributed by atoms with Crippen LogP contribution >= 0.6 is 0 Å². The number of hydrogen-bond acceptors (Lipinski definition) is 2. The van der Waals surface area contributed by atoms with Crippen LogP contribution in [0, 0.1) is 16.7 Å². The van der Waals surface area contributed by atoms with Gasteiger partial charge in [0.25, 0.3) is 0 Å². The summed E-state index contributed by atoms with van der Waals surface area (Å²) in [5, 5.41) is 10.3. The molecule has 2 fully saturated rings. The maximum Gasteiger partial charge on any atom is 0.139 e. The van der Waals surface area contributed by atoms with E-state index in [9.17, 15) is 9.90 Å². The lowest BCUT2D eigenvalue weighted by Gasteiger charge is -2.43. The van der Waals surface area contributed by atoms with Gasteiger partial charge in [0, 0.05) is 17.3 Å². The molecule has 1 aromatic carbocycles. The van der Waals surface area contributed by atoms with Gasteiger partial charge < -0.3 is 5.11 Å². The van der Waals surface area contributed by atoms with Crippen LogP contribution < -0.4 is 0 Å². The zero-order chi connectivity index (χ0) is 16.7. The highest BCUT2D eigenvalue weighted by Crippen LogP contribution is 2.78. The van der Waals surface area contributed by atoms with Crippen molar-refractivity contribution in [2.24, 2.45) is 16.7 Å². The number of rotatable bonds is 2. The molecule has 0 aromatic heterocycles. The average molecular weight is 322 g/mol. The molecular formula is C22H26O2. The molecule has 2 nitrogen and oxygen atoms in total. The van der Waals surface area contributed by atoms with Gasteiger partial charge >= 0.3 is 0 Å². The van der Waals surface area contributed by atoms with Gasteiger partial charge in [0.2, 0.25) is 0 Å². The van der Waals surface area contributed by atoms with Crippen molar-refractivity contribution in [3.05, 3.63) is 34.4 Å². The van der Waals surface area contributed by atoms with Crippen molar-refractivity contribution < 1.29 is 9.90 Å². The van der Waals surface area contributed by atoms with Gasteiger partial charge in [-0.15, -0.1) is 0 Å². The molecule has 4 aliphatic carbocycles. The standard InChI is InChI=1S/C22H26O2/c1-3-4-14-9-17-13(10-19(14)23)5-6-18-16(17)7-8-21(2)20(24)11-15-12-22(15,18)21/h9-10,15,23H,3-8,11-12H2,1-2H3/t15-,21-,22+/m1/s1. The smallest absolute Gasteiger partial charge is 0.139 e. The largest absolute Gasteiger partial charge is 0.508 e. The fourth-order valence-corrected chi connectivity index (χ4v) is 6.37. The van der Waals surface area contributed by atoms with Gasteiger partial charge in [-0.2, -0.15) is 0 Å². The number of phenolic OH excluding ortho intramolecular Hbond substituents is 1. The third-order valence-electron chi connectivity index (χ3n) is 7.71. The molecule has 5 rings (SSSR count). The fourth-order valence-electron chi connectivity index (χ4n) is 6.37. The molecule has 0 unspecified atom stereocenters. The van der Waals surface area contributed by atoms with Crippen LogP contribution in [0.15, 0.2) is 17.7 Å². The Kier molecular flexibility index (Phi) is 2.78. The van der Waals surface area contributed by atoms with Crippen LogP contribution in [0.5, 0.6) is 5.75 Å². The van der Waals surface area contributed by atoms with Crippen LogP contribution in [0.25, 0.3) is 5.57 Å². The Balaban J connectivity index is 1.67. The van der Waals surface area contributed by atoms with Gasteiger partial charge in [0.15, 0.2) is 0 Å². The van der Waals surface area contributed by atoms with Gasteiger partial charge in [-0.3, -0.25) is 4.79 Å². The van der Waals surface area contributed by atoms with E-state index < -0.39 is 0 Å². The molecule has 1 N–H and O–H groups in total. The van der Waals surface area contributed by atoms with Gasteiger partial charge in [-0.1, -0.05) is 25.8 Å². The highest BCUT2D eigenvalue weighted by molar-refractivity contribution is 5.94. The second-order valence-electron chi connectivity index (χ2n) is 8.68. The zero-order valence-corrected chi connectivity index (χ0v) is 14.7. The Hall–Kier alpha value is -1.57. The number of aromatic hydroxyl groups is 1. The number of fused-ring (bicyclic) bond motifs is 2. The highest BCUT2D eigenvalue weighted by atomic mass is 16.3. The molecule has 24 heavy (non-hydrogen) atoms. The number of ketones is 1. The minimum atomic E-state index is -0.0861. The Morgan fingerprint density at radius 3 is 2.88 bits per heavy atom. The van der Waals surface area contributed by atoms with Crippen molar-refractivity contribution >= 4 is 11.4 Å². The van der Waals surface area contributed by atoms with Crippen LogP contribution in [0.4, 0.5) is 0 Å². The summed E-state index contributed by atoms with van der Waals surface area (Å²) in [6.45, 7) is 4.41. The summed E-state index contributed by atoms with van der Waals surface area (Å²) in [7, 11) is 0. The highest BCUT2D eigenvalue weighted by Gasteiger charge is 2.74.